The summed E-state index contributed by atoms with van der Waals surface area (Å²) < 4.78 is 30.7. The maximum absolute atomic E-state index is 13.3. The van der Waals surface area contributed by atoms with Gasteiger partial charge in [-0.1, -0.05) is 29.8 Å². The van der Waals surface area contributed by atoms with Crippen LogP contribution in [-0.4, -0.2) is 79.8 Å². The third-order valence-electron chi connectivity index (χ3n) is 6.23. The number of morpholine rings is 2. The van der Waals surface area contributed by atoms with Crippen LogP contribution in [0.15, 0.2) is 48.5 Å². The van der Waals surface area contributed by atoms with E-state index >= 15 is 0 Å². The summed E-state index contributed by atoms with van der Waals surface area (Å²) in [6.45, 7) is 5.16. The summed E-state index contributed by atoms with van der Waals surface area (Å²) in [7, 11) is 0. The number of nitrogens with zero attached hydrogens (tertiary/aromatic N) is 2. The Bertz CT molecular complexity index is 976. The summed E-state index contributed by atoms with van der Waals surface area (Å²) in [6, 6.07) is 13.6. The molecule has 8 heteroatoms. The van der Waals surface area contributed by atoms with Gasteiger partial charge in [-0.3, -0.25) is 9.59 Å². The van der Waals surface area contributed by atoms with E-state index in [-0.39, 0.29) is 43.6 Å². The normalized spacial score (nSPS) is 20.8. The molecule has 0 aliphatic carbocycles. The predicted molar refractivity (Wildman–Crippen MR) is 124 cm³/mol. The van der Waals surface area contributed by atoms with E-state index in [0.29, 0.717) is 45.2 Å². The minimum Gasteiger partial charge on any atom is -0.490 e. The molecule has 182 valence electrons. The largest absolute Gasteiger partial charge is 0.490 e. The first-order valence-corrected chi connectivity index (χ1v) is 11.6. The molecule has 0 aromatic heterocycles. The van der Waals surface area contributed by atoms with Gasteiger partial charge in [-0.05, 0) is 36.8 Å². The van der Waals surface area contributed by atoms with E-state index in [1.54, 1.807) is 9.80 Å². The van der Waals surface area contributed by atoms with Crippen molar-refractivity contribution in [3.63, 3.8) is 0 Å². The third kappa shape index (κ3) is 6.33. The predicted octanol–water partition coefficient (Wildman–Crippen LogP) is 2.60. The summed E-state index contributed by atoms with van der Waals surface area (Å²) in [5, 5.41) is 0. The molecule has 0 saturated carbocycles. The Morgan fingerprint density at radius 2 is 1.62 bits per heavy atom. The second-order valence-corrected chi connectivity index (χ2v) is 8.92. The molecule has 2 aromatic carbocycles. The number of carbonyl (C=O) groups is 2. The first kappa shape index (κ1) is 24.2. The van der Waals surface area contributed by atoms with Crippen molar-refractivity contribution in [2.75, 3.05) is 52.6 Å². The Morgan fingerprint density at radius 1 is 0.941 bits per heavy atom. The van der Waals surface area contributed by atoms with Gasteiger partial charge in [0, 0.05) is 19.6 Å². The first-order valence-electron chi connectivity index (χ1n) is 11.6. The molecular weight excluding hydrogens is 439 g/mol. The van der Waals surface area contributed by atoms with Gasteiger partial charge in [0.1, 0.15) is 23.8 Å². The second-order valence-electron chi connectivity index (χ2n) is 8.92. The second kappa shape index (κ2) is 11.0. The Hall–Kier alpha value is -2.97. The Labute approximate surface area is 199 Å². The van der Waals surface area contributed by atoms with Crippen LogP contribution in [0.5, 0.6) is 5.75 Å². The Balaban J connectivity index is 1.48. The zero-order valence-corrected chi connectivity index (χ0v) is 19.5. The van der Waals surface area contributed by atoms with E-state index in [9.17, 15) is 14.0 Å². The number of amides is 2. The SMILES string of the molecule is Cc1ccc(CC(=O)N2CCO[C@](COc3ccc(F)cc3)(CC(=O)N3CCOCC3)C2)cc1. The van der Waals surface area contributed by atoms with Gasteiger partial charge in [-0.15, -0.1) is 0 Å². The molecule has 2 saturated heterocycles. The highest BCUT2D eigenvalue weighted by atomic mass is 19.1. The van der Waals surface area contributed by atoms with Crippen LogP contribution < -0.4 is 4.74 Å². The topological polar surface area (TPSA) is 68.3 Å². The van der Waals surface area contributed by atoms with Crippen LogP contribution in [0, 0.1) is 12.7 Å². The molecule has 0 unspecified atom stereocenters. The fourth-order valence-electron chi connectivity index (χ4n) is 4.24. The number of hydrogen-bond donors (Lipinski definition) is 0. The summed E-state index contributed by atoms with van der Waals surface area (Å²) in [5.74, 6) is 0.0497. The fraction of sp³-hybridized carbons (Fsp3) is 0.462. The molecule has 1 atom stereocenters. The molecule has 2 aliphatic rings. The number of aryl methyl sites for hydroxylation is 1. The zero-order chi connectivity index (χ0) is 24.0. The van der Waals surface area contributed by atoms with E-state index < -0.39 is 5.60 Å². The minimum absolute atomic E-state index is 0.0165. The number of halogens is 1. The van der Waals surface area contributed by atoms with Crippen LogP contribution in [0.2, 0.25) is 0 Å². The molecule has 2 aliphatic heterocycles. The van der Waals surface area contributed by atoms with E-state index in [1.807, 2.05) is 31.2 Å². The molecule has 0 spiro atoms. The molecule has 34 heavy (non-hydrogen) atoms. The maximum Gasteiger partial charge on any atom is 0.227 e. The van der Waals surface area contributed by atoms with Crippen molar-refractivity contribution in [1.82, 2.24) is 9.80 Å². The maximum atomic E-state index is 13.3. The lowest BCUT2D eigenvalue weighted by molar-refractivity contribution is -0.167. The smallest absolute Gasteiger partial charge is 0.227 e. The lowest BCUT2D eigenvalue weighted by Crippen LogP contribution is -2.59. The van der Waals surface area contributed by atoms with Gasteiger partial charge in [0.05, 0.1) is 39.2 Å². The van der Waals surface area contributed by atoms with Crippen molar-refractivity contribution in [3.8, 4) is 5.75 Å². The average molecular weight is 471 g/mol. The monoisotopic (exact) mass is 470 g/mol. The lowest BCUT2D eigenvalue weighted by Gasteiger charge is -2.43. The van der Waals surface area contributed by atoms with Crippen molar-refractivity contribution >= 4 is 11.8 Å². The van der Waals surface area contributed by atoms with Gasteiger partial charge in [0.15, 0.2) is 0 Å². The molecule has 2 heterocycles. The van der Waals surface area contributed by atoms with Crippen LogP contribution >= 0.6 is 0 Å². The number of ether oxygens (including phenoxy) is 3. The van der Waals surface area contributed by atoms with Crippen LogP contribution in [-0.2, 0) is 25.5 Å². The van der Waals surface area contributed by atoms with Crippen molar-refractivity contribution < 1.29 is 28.2 Å². The highest BCUT2D eigenvalue weighted by molar-refractivity contribution is 5.80. The molecule has 4 rings (SSSR count). The van der Waals surface area contributed by atoms with Crippen molar-refractivity contribution in [2.24, 2.45) is 0 Å². The molecule has 2 fully saturated rings. The molecular formula is C26H31FN2O5. The lowest BCUT2D eigenvalue weighted by atomic mass is 9.96. The van der Waals surface area contributed by atoms with Gasteiger partial charge in [-0.25, -0.2) is 4.39 Å². The molecule has 2 amide bonds. The van der Waals surface area contributed by atoms with Crippen molar-refractivity contribution in [2.45, 2.75) is 25.4 Å². The highest BCUT2D eigenvalue weighted by Gasteiger charge is 2.42. The van der Waals surface area contributed by atoms with Gasteiger partial charge >= 0.3 is 0 Å². The zero-order valence-electron chi connectivity index (χ0n) is 19.5. The average Bonchev–Trinajstić information content (AvgIpc) is 2.86. The quantitative estimate of drug-likeness (QED) is 0.622. The van der Waals surface area contributed by atoms with E-state index in [1.165, 1.54) is 24.3 Å². The first-order chi connectivity index (χ1) is 16.4. The van der Waals surface area contributed by atoms with Crippen LogP contribution in [0.25, 0.3) is 0 Å². The molecule has 7 nitrogen and oxygen atoms in total. The van der Waals surface area contributed by atoms with Gasteiger partial charge in [-0.2, -0.15) is 0 Å². The Kier molecular flexibility index (Phi) is 7.80. The summed E-state index contributed by atoms with van der Waals surface area (Å²) in [6.07, 6.45) is 0.370. The van der Waals surface area contributed by atoms with Crippen LogP contribution in [0.1, 0.15) is 17.5 Å². The third-order valence-corrected chi connectivity index (χ3v) is 6.23. The standard InChI is InChI=1S/C26H31FN2O5/c1-20-2-4-21(5-3-20)16-24(30)29-12-15-34-26(18-29,17-25(31)28-10-13-32-14-11-28)19-33-23-8-6-22(27)7-9-23/h2-9H,10-19H2,1H3/t26-/m1/s1. The molecule has 0 bridgehead atoms. The van der Waals surface area contributed by atoms with Crippen molar-refractivity contribution in [1.29, 1.82) is 0 Å². The van der Waals surface area contributed by atoms with E-state index in [0.717, 1.165) is 11.1 Å². The van der Waals surface area contributed by atoms with Crippen LogP contribution in [0.4, 0.5) is 4.39 Å². The number of hydrogen-bond acceptors (Lipinski definition) is 5. The van der Waals surface area contributed by atoms with Gasteiger partial charge < -0.3 is 24.0 Å². The number of benzene rings is 2. The van der Waals surface area contributed by atoms with Crippen molar-refractivity contribution in [3.05, 3.63) is 65.5 Å². The molecule has 0 radical (unpaired) electrons. The summed E-state index contributed by atoms with van der Waals surface area (Å²) >= 11 is 0. The van der Waals surface area contributed by atoms with E-state index in [2.05, 4.69) is 0 Å². The molecule has 2 aromatic rings. The minimum atomic E-state index is -0.995. The molecule has 0 N–H and O–H groups in total. The Morgan fingerprint density at radius 3 is 2.32 bits per heavy atom. The number of rotatable bonds is 7. The van der Waals surface area contributed by atoms with E-state index in [4.69, 9.17) is 14.2 Å². The van der Waals surface area contributed by atoms with Gasteiger partial charge in [0.2, 0.25) is 11.8 Å². The summed E-state index contributed by atoms with van der Waals surface area (Å²) in [5.41, 5.74) is 1.09. The van der Waals surface area contributed by atoms with Crippen LogP contribution in [0.3, 0.4) is 0 Å². The highest BCUT2D eigenvalue weighted by Crippen LogP contribution is 2.26. The summed E-state index contributed by atoms with van der Waals surface area (Å²) in [4.78, 5) is 29.7. The number of carbonyl (C=O) groups excluding carboxylic acids is 2. The fourth-order valence-corrected chi connectivity index (χ4v) is 4.24. The van der Waals surface area contributed by atoms with Gasteiger partial charge in [0.25, 0.3) is 0 Å².